The summed E-state index contributed by atoms with van der Waals surface area (Å²) >= 11 is 5.79. The Balaban J connectivity index is 2.25. The Bertz CT molecular complexity index is 215. The van der Waals surface area contributed by atoms with Gasteiger partial charge in [-0.2, -0.15) is 0 Å². The lowest BCUT2D eigenvalue weighted by Crippen LogP contribution is -2.39. The molecule has 1 unspecified atom stereocenters. The van der Waals surface area contributed by atoms with E-state index in [4.69, 9.17) is 16.3 Å². The minimum atomic E-state index is -0.0208. The number of carbonyl (C=O) groups excluding carboxylic acids is 1. The number of hydrogen-bond acceptors (Lipinski definition) is 3. The summed E-state index contributed by atoms with van der Waals surface area (Å²) in [5.41, 5.74) is 0. The molecule has 1 heterocycles. The third-order valence-corrected chi connectivity index (χ3v) is 3.57. The highest BCUT2D eigenvalue weighted by Gasteiger charge is 2.26. The van der Waals surface area contributed by atoms with Gasteiger partial charge < -0.3 is 9.64 Å². The molecule has 0 aromatic rings. The number of hydrogen-bond donors (Lipinski definition) is 0. The quantitative estimate of drug-likeness (QED) is 0.551. The van der Waals surface area contributed by atoms with Crippen LogP contribution in [0.25, 0.3) is 0 Å². The van der Waals surface area contributed by atoms with Crippen LogP contribution in [0.2, 0.25) is 0 Å². The van der Waals surface area contributed by atoms with Gasteiger partial charge in [0.2, 0.25) is 0 Å². The van der Waals surface area contributed by atoms with Crippen LogP contribution in [-0.2, 0) is 9.53 Å². The van der Waals surface area contributed by atoms with Crippen molar-refractivity contribution in [3.63, 3.8) is 0 Å². The second-order valence-corrected chi connectivity index (χ2v) is 4.90. The van der Waals surface area contributed by atoms with Crippen LogP contribution in [0.1, 0.15) is 26.7 Å². The Labute approximate surface area is 103 Å². The molecule has 0 bridgehead atoms. The minimum absolute atomic E-state index is 0.0208. The van der Waals surface area contributed by atoms with Gasteiger partial charge in [-0.05, 0) is 38.8 Å². The van der Waals surface area contributed by atoms with E-state index in [-0.39, 0.29) is 11.9 Å². The maximum Gasteiger partial charge on any atom is 0.309 e. The first-order valence-electron chi connectivity index (χ1n) is 6.12. The molecule has 1 atom stereocenters. The number of nitrogens with zero attached hydrogens (tertiary/aromatic N) is 1. The summed E-state index contributed by atoms with van der Waals surface area (Å²) in [5, 5.41) is 0. The molecule has 0 spiro atoms. The van der Waals surface area contributed by atoms with Gasteiger partial charge in [0.05, 0.1) is 12.5 Å². The minimum Gasteiger partial charge on any atom is -0.466 e. The van der Waals surface area contributed by atoms with Crippen LogP contribution in [0, 0.1) is 11.8 Å². The first kappa shape index (κ1) is 13.8. The molecule has 0 saturated carbocycles. The van der Waals surface area contributed by atoms with Crippen LogP contribution in [0.4, 0.5) is 0 Å². The zero-order chi connectivity index (χ0) is 12.0. The zero-order valence-electron chi connectivity index (χ0n) is 10.2. The lowest BCUT2D eigenvalue weighted by atomic mass is 9.96. The standard InChI is InChI=1S/C12H22ClNO2/c1-3-16-12(15)11-4-6-14(7-5-11)9-10(2)8-13/h10-11H,3-9H2,1-2H3. The summed E-state index contributed by atoms with van der Waals surface area (Å²) < 4.78 is 5.04. The van der Waals surface area contributed by atoms with Gasteiger partial charge >= 0.3 is 5.97 Å². The summed E-state index contributed by atoms with van der Waals surface area (Å²) in [6.07, 6.45) is 1.85. The van der Waals surface area contributed by atoms with Crippen LogP contribution in [0.15, 0.2) is 0 Å². The van der Waals surface area contributed by atoms with Gasteiger partial charge in [-0.1, -0.05) is 6.92 Å². The molecular weight excluding hydrogens is 226 g/mol. The van der Waals surface area contributed by atoms with E-state index >= 15 is 0 Å². The van der Waals surface area contributed by atoms with Gasteiger partial charge in [0, 0.05) is 12.4 Å². The highest BCUT2D eigenvalue weighted by atomic mass is 35.5. The van der Waals surface area contributed by atoms with E-state index in [0.29, 0.717) is 18.4 Å². The predicted octanol–water partition coefficient (Wildman–Crippen LogP) is 2.14. The van der Waals surface area contributed by atoms with Crippen molar-refractivity contribution in [2.24, 2.45) is 11.8 Å². The van der Waals surface area contributed by atoms with Crippen molar-refractivity contribution in [2.75, 3.05) is 32.1 Å². The topological polar surface area (TPSA) is 29.5 Å². The molecule has 1 fully saturated rings. The molecule has 0 aromatic heterocycles. The van der Waals surface area contributed by atoms with E-state index in [1.807, 2.05) is 6.92 Å². The van der Waals surface area contributed by atoms with Gasteiger partial charge in [-0.15, -0.1) is 11.6 Å². The van der Waals surface area contributed by atoms with Crippen molar-refractivity contribution < 1.29 is 9.53 Å². The summed E-state index contributed by atoms with van der Waals surface area (Å²) in [5.74, 6) is 1.33. The number of likely N-dealkylation sites (tertiary alicyclic amines) is 1. The number of rotatable bonds is 5. The molecule has 0 aliphatic carbocycles. The second kappa shape index (κ2) is 7.13. The van der Waals surface area contributed by atoms with Crippen molar-refractivity contribution in [2.45, 2.75) is 26.7 Å². The summed E-state index contributed by atoms with van der Waals surface area (Å²) in [6, 6.07) is 0. The molecule has 0 radical (unpaired) electrons. The van der Waals surface area contributed by atoms with E-state index in [1.165, 1.54) is 0 Å². The third kappa shape index (κ3) is 4.30. The molecule has 4 heteroatoms. The highest BCUT2D eigenvalue weighted by Crippen LogP contribution is 2.19. The van der Waals surface area contributed by atoms with Gasteiger partial charge in [0.25, 0.3) is 0 Å². The smallest absolute Gasteiger partial charge is 0.309 e. The monoisotopic (exact) mass is 247 g/mol. The number of halogens is 1. The average molecular weight is 248 g/mol. The Morgan fingerprint density at radius 2 is 2.12 bits per heavy atom. The van der Waals surface area contributed by atoms with Crippen LogP contribution >= 0.6 is 11.6 Å². The lowest BCUT2D eigenvalue weighted by molar-refractivity contribution is -0.149. The predicted molar refractivity (Wildman–Crippen MR) is 65.7 cm³/mol. The summed E-state index contributed by atoms with van der Waals surface area (Å²) in [7, 11) is 0. The van der Waals surface area contributed by atoms with Crippen molar-refractivity contribution >= 4 is 17.6 Å². The molecule has 94 valence electrons. The van der Waals surface area contributed by atoms with E-state index < -0.39 is 0 Å². The fourth-order valence-corrected chi connectivity index (χ4v) is 2.20. The number of piperidine rings is 1. The molecular formula is C12H22ClNO2. The van der Waals surface area contributed by atoms with Crippen LogP contribution in [0.5, 0.6) is 0 Å². The molecule has 0 N–H and O–H groups in total. The van der Waals surface area contributed by atoms with Crippen LogP contribution in [0.3, 0.4) is 0 Å². The van der Waals surface area contributed by atoms with Crippen LogP contribution < -0.4 is 0 Å². The van der Waals surface area contributed by atoms with Gasteiger partial charge in [-0.3, -0.25) is 4.79 Å². The normalized spacial score (nSPS) is 20.7. The molecule has 16 heavy (non-hydrogen) atoms. The Morgan fingerprint density at radius 3 is 2.62 bits per heavy atom. The molecule has 0 amide bonds. The first-order valence-corrected chi connectivity index (χ1v) is 6.65. The maximum atomic E-state index is 11.5. The van der Waals surface area contributed by atoms with Crippen molar-refractivity contribution in [1.29, 1.82) is 0 Å². The number of carbonyl (C=O) groups is 1. The molecule has 1 aliphatic heterocycles. The van der Waals surface area contributed by atoms with E-state index in [9.17, 15) is 4.79 Å². The fourth-order valence-electron chi connectivity index (χ4n) is 2.10. The average Bonchev–Trinajstić information content (AvgIpc) is 2.30. The number of esters is 1. The second-order valence-electron chi connectivity index (χ2n) is 4.59. The first-order chi connectivity index (χ1) is 7.67. The highest BCUT2D eigenvalue weighted by molar-refractivity contribution is 6.18. The maximum absolute atomic E-state index is 11.5. The van der Waals surface area contributed by atoms with Crippen molar-refractivity contribution in [3.8, 4) is 0 Å². The summed E-state index contributed by atoms with van der Waals surface area (Å²) in [4.78, 5) is 13.9. The van der Waals surface area contributed by atoms with Crippen molar-refractivity contribution in [3.05, 3.63) is 0 Å². The number of alkyl halides is 1. The molecule has 3 nitrogen and oxygen atoms in total. The molecule has 1 saturated heterocycles. The molecule has 0 aromatic carbocycles. The molecule has 1 rings (SSSR count). The SMILES string of the molecule is CCOC(=O)C1CCN(CC(C)CCl)CC1. The Kier molecular flexibility index (Phi) is 6.14. The lowest BCUT2D eigenvalue weighted by Gasteiger charge is -2.32. The third-order valence-electron chi connectivity index (χ3n) is 3.04. The van der Waals surface area contributed by atoms with E-state index in [1.54, 1.807) is 0 Å². The van der Waals surface area contributed by atoms with Gasteiger partial charge in [-0.25, -0.2) is 0 Å². The summed E-state index contributed by atoms with van der Waals surface area (Å²) in [6.45, 7) is 7.52. The van der Waals surface area contributed by atoms with Gasteiger partial charge in [0.15, 0.2) is 0 Å². The van der Waals surface area contributed by atoms with Crippen molar-refractivity contribution in [1.82, 2.24) is 4.90 Å². The van der Waals surface area contributed by atoms with Gasteiger partial charge in [0.1, 0.15) is 0 Å². The number of ether oxygens (including phenoxy) is 1. The Morgan fingerprint density at radius 1 is 1.50 bits per heavy atom. The largest absolute Gasteiger partial charge is 0.466 e. The molecule has 1 aliphatic rings. The van der Waals surface area contributed by atoms with Crippen LogP contribution in [-0.4, -0.2) is 43.0 Å². The zero-order valence-corrected chi connectivity index (χ0v) is 11.0. The van der Waals surface area contributed by atoms with E-state index in [2.05, 4.69) is 11.8 Å². The van der Waals surface area contributed by atoms with E-state index in [0.717, 1.165) is 32.5 Å². The fraction of sp³-hybridized carbons (Fsp3) is 0.917. The Hall–Kier alpha value is -0.280.